The SMILES string of the molecule is COc1c(C)cc(C)cc1C(O)C(C)(C)CN. The average Bonchev–Trinajstić information content (AvgIpc) is 2.27. The summed E-state index contributed by atoms with van der Waals surface area (Å²) in [5.41, 5.74) is 8.32. The van der Waals surface area contributed by atoms with Crippen molar-refractivity contribution in [3.05, 3.63) is 28.8 Å². The van der Waals surface area contributed by atoms with Crippen LogP contribution in [0.4, 0.5) is 0 Å². The first-order valence-corrected chi connectivity index (χ1v) is 5.86. The molecule has 0 bridgehead atoms. The number of methoxy groups -OCH3 is 1. The van der Waals surface area contributed by atoms with Gasteiger partial charge >= 0.3 is 0 Å². The Morgan fingerprint density at radius 2 is 1.94 bits per heavy atom. The minimum Gasteiger partial charge on any atom is -0.496 e. The maximum atomic E-state index is 10.4. The van der Waals surface area contributed by atoms with Crippen LogP contribution < -0.4 is 10.5 Å². The van der Waals surface area contributed by atoms with Gasteiger partial charge in [0.25, 0.3) is 0 Å². The van der Waals surface area contributed by atoms with Crippen LogP contribution in [0.1, 0.15) is 36.6 Å². The van der Waals surface area contributed by atoms with Crippen molar-refractivity contribution in [2.45, 2.75) is 33.8 Å². The van der Waals surface area contributed by atoms with Crippen LogP contribution in [0.3, 0.4) is 0 Å². The lowest BCUT2D eigenvalue weighted by molar-refractivity contribution is 0.0532. The molecule has 0 aromatic heterocycles. The van der Waals surface area contributed by atoms with E-state index in [-0.39, 0.29) is 5.41 Å². The third-order valence-electron chi connectivity index (χ3n) is 3.21. The number of ether oxygens (including phenoxy) is 1. The van der Waals surface area contributed by atoms with Gasteiger partial charge < -0.3 is 15.6 Å². The van der Waals surface area contributed by atoms with Crippen LogP contribution >= 0.6 is 0 Å². The lowest BCUT2D eigenvalue weighted by Gasteiger charge is -2.30. The number of hydrogen-bond donors (Lipinski definition) is 2. The summed E-state index contributed by atoms with van der Waals surface area (Å²) in [6.07, 6.45) is -0.624. The predicted molar refractivity (Wildman–Crippen MR) is 70.3 cm³/mol. The molecular weight excluding hydrogens is 214 g/mol. The maximum Gasteiger partial charge on any atom is 0.127 e. The number of nitrogens with two attached hydrogens (primary N) is 1. The van der Waals surface area contributed by atoms with Gasteiger partial charge in [0.15, 0.2) is 0 Å². The molecule has 0 aliphatic rings. The van der Waals surface area contributed by atoms with Crippen molar-refractivity contribution in [1.82, 2.24) is 0 Å². The topological polar surface area (TPSA) is 55.5 Å². The largest absolute Gasteiger partial charge is 0.496 e. The molecule has 1 rings (SSSR count). The second-order valence-electron chi connectivity index (χ2n) is 5.30. The minimum atomic E-state index is -0.624. The first-order valence-electron chi connectivity index (χ1n) is 5.86. The second-order valence-corrected chi connectivity index (χ2v) is 5.30. The van der Waals surface area contributed by atoms with E-state index < -0.39 is 6.10 Å². The van der Waals surface area contributed by atoms with E-state index in [2.05, 4.69) is 0 Å². The number of aliphatic hydroxyl groups excluding tert-OH is 1. The van der Waals surface area contributed by atoms with Gasteiger partial charge in [-0.2, -0.15) is 0 Å². The highest BCUT2D eigenvalue weighted by Gasteiger charge is 2.30. The molecule has 0 amide bonds. The van der Waals surface area contributed by atoms with E-state index >= 15 is 0 Å². The molecule has 3 nitrogen and oxygen atoms in total. The summed E-state index contributed by atoms with van der Waals surface area (Å²) in [5, 5.41) is 10.4. The molecular formula is C14H23NO2. The fourth-order valence-electron chi connectivity index (χ4n) is 2.00. The fraction of sp³-hybridized carbons (Fsp3) is 0.571. The lowest BCUT2D eigenvalue weighted by atomic mass is 9.81. The fourth-order valence-corrected chi connectivity index (χ4v) is 2.00. The first-order chi connectivity index (χ1) is 7.83. The van der Waals surface area contributed by atoms with Gasteiger partial charge in [0.05, 0.1) is 13.2 Å². The standard InChI is InChI=1S/C14H23NO2/c1-9-6-10(2)12(17-5)11(7-9)13(16)14(3,4)8-15/h6-7,13,16H,8,15H2,1-5H3. The Labute approximate surface area is 104 Å². The molecule has 0 saturated carbocycles. The van der Waals surface area contributed by atoms with Crippen molar-refractivity contribution in [3.63, 3.8) is 0 Å². The van der Waals surface area contributed by atoms with E-state index in [0.717, 1.165) is 22.4 Å². The second kappa shape index (κ2) is 5.07. The molecule has 1 unspecified atom stereocenters. The number of aliphatic hydroxyl groups is 1. The van der Waals surface area contributed by atoms with Crippen LogP contribution in [0.5, 0.6) is 5.75 Å². The Kier molecular flexibility index (Phi) is 4.17. The minimum absolute atomic E-state index is 0.368. The van der Waals surface area contributed by atoms with E-state index in [9.17, 15) is 5.11 Å². The summed E-state index contributed by atoms with van der Waals surface area (Å²) in [6.45, 7) is 8.32. The van der Waals surface area contributed by atoms with Gasteiger partial charge in [-0.25, -0.2) is 0 Å². The summed E-state index contributed by atoms with van der Waals surface area (Å²) in [6, 6.07) is 4.01. The van der Waals surface area contributed by atoms with Gasteiger partial charge in [-0.3, -0.25) is 0 Å². The van der Waals surface area contributed by atoms with Crippen molar-refractivity contribution in [2.24, 2.45) is 11.1 Å². The molecule has 0 saturated heterocycles. The smallest absolute Gasteiger partial charge is 0.127 e. The Hall–Kier alpha value is -1.06. The summed E-state index contributed by atoms with van der Waals surface area (Å²) >= 11 is 0. The van der Waals surface area contributed by atoms with Gasteiger partial charge in [0.2, 0.25) is 0 Å². The number of aryl methyl sites for hydroxylation is 2. The van der Waals surface area contributed by atoms with Crippen molar-refractivity contribution in [1.29, 1.82) is 0 Å². The number of rotatable bonds is 4. The molecule has 0 fully saturated rings. The Morgan fingerprint density at radius 3 is 2.41 bits per heavy atom. The van der Waals surface area contributed by atoms with Gasteiger partial charge in [0.1, 0.15) is 5.75 Å². The summed E-state index contributed by atoms with van der Waals surface area (Å²) < 4.78 is 5.39. The Morgan fingerprint density at radius 1 is 1.35 bits per heavy atom. The van der Waals surface area contributed by atoms with Crippen LogP contribution in [0.15, 0.2) is 12.1 Å². The van der Waals surface area contributed by atoms with Gasteiger partial charge in [-0.1, -0.05) is 25.5 Å². The Balaban J connectivity index is 3.30. The lowest BCUT2D eigenvalue weighted by Crippen LogP contribution is -2.31. The summed E-state index contributed by atoms with van der Waals surface area (Å²) in [4.78, 5) is 0. The molecule has 1 aromatic carbocycles. The average molecular weight is 237 g/mol. The highest BCUT2D eigenvalue weighted by Crippen LogP contribution is 2.39. The summed E-state index contributed by atoms with van der Waals surface area (Å²) in [7, 11) is 1.63. The molecule has 17 heavy (non-hydrogen) atoms. The first kappa shape index (κ1) is 14.0. The third kappa shape index (κ3) is 2.79. The molecule has 0 radical (unpaired) electrons. The van der Waals surface area contributed by atoms with E-state index in [0.29, 0.717) is 6.54 Å². The molecule has 0 aliphatic carbocycles. The van der Waals surface area contributed by atoms with Gasteiger partial charge in [-0.15, -0.1) is 0 Å². The van der Waals surface area contributed by atoms with Crippen LogP contribution in [0.25, 0.3) is 0 Å². The van der Waals surface area contributed by atoms with Crippen molar-refractivity contribution >= 4 is 0 Å². The Bertz CT molecular complexity index is 399. The maximum absolute atomic E-state index is 10.4. The van der Waals surface area contributed by atoms with E-state index in [1.54, 1.807) is 7.11 Å². The van der Waals surface area contributed by atoms with Crippen LogP contribution in [0.2, 0.25) is 0 Å². The van der Waals surface area contributed by atoms with Crippen LogP contribution in [0, 0.1) is 19.3 Å². The molecule has 3 heteroatoms. The molecule has 1 atom stereocenters. The quantitative estimate of drug-likeness (QED) is 0.845. The normalized spacial score (nSPS) is 13.6. The van der Waals surface area contributed by atoms with Gasteiger partial charge in [0, 0.05) is 17.5 Å². The summed E-state index contributed by atoms with van der Waals surface area (Å²) in [5.74, 6) is 0.754. The predicted octanol–water partition coefficient (Wildman–Crippen LogP) is 2.33. The molecule has 1 aromatic rings. The molecule has 96 valence electrons. The molecule has 3 N–H and O–H groups in total. The number of benzene rings is 1. The monoisotopic (exact) mass is 237 g/mol. The molecule has 0 aliphatic heterocycles. The van der Waals surface area contributed by atoms with Gasteiger partial charge in [-0.05, 0) is 25.5 Å². The zero-order chi connectivity index (χ0) is 13.2. The highest BCUT2D eigenvalue weighted by atomic mass is 16.5. The molecule has 0 spiro atoms. The zero-order valence-corrected chi connectivity index (χ0v) is 11.4. The van der Waals surface area contributed by atoms with Crippen molar-refractivity contribution < 1.29 is 9.84 Å². The van der Waals surface area contributed by atoms with Crippen molar-refractivity contribution in [3.8, 4) is 5.75 Å². The molecule has 0 heterocycles. The van der Waals surface area contributed by atoms with E-state index in [4.69, 9.17) is 10.5 Å². The highest BCUT2D eigenvalue weighted by molar-refractivity contribution is 5.45. The van der Waals surface area contributed by atoms with Crippen LogP contribution in [-0.2, 0) is 0 Å². The zero-order valence-electron chi connectivity index (χ0n) is 11.4. The van der Waals surface area contributed by atoms with E-state index in [1.165, 1.54) is 0 Å². The van der Waals surface area contributed by atoms with Crippen molar-refractivity contribution in [2.75, 3.05) is 13.7 Å². The third-order valence-corrected chi connectivity index (χ3v) is 3.21. The van der Waals surface area contributed by atoms with E-state index in [1.807, 2.05) is 39.8 Å². The van der Waals surface area contributed by atoms with Crippen LogP contribution in [-0.4, -0.2) is 18.8 Å². The number of hydrogen-bond acceptors (Lipinski definition) is 3.